The molecule has 1 aromatic carbocycles. The van der Waals surface area contributed by atoms with Crippen LogP contribution in [-0.4, -0.2) is 44.9 Å². The second-order valence-electron chi connectivity index (χ2n) is 7.00. The van der Waals surface area contributed by atoms with Crippen molar-refractivity contribution in [2.45, 2.75) is 44.2 Å². The lowest BCUT2D eigenvalue weighted by Crippen LogP contribution is -2.42. The zero-order valence-corrected chi connectivity index (χ0v) is 13.8. The van der Waals surface area contributed by atoms with Gasteiger partial charge in [0.1, 0.15) is 6.54 Å². The smallest absolute Gasteiger partial charge is 0.325 e. The Morgan fingerprint density at radius 3 is 2.67 bits per heavy atom. The van der Waals surface area contributed by atoms with Gasteiger partial charge in [0.15, 0.2) is 0 Å². The summed E-state index contributed by atoms with van der Waals surface area (Å²) in [6.45, 7) is 2.13. The van der Waals surface area contributed by atoms with Gasteiger partial charge in [-0.15, -0.1) is 0 Å². The molecule has 5 heteroatoms. The summed E-state index contributed by atoms with van der Waals surface area (Å²) in [5.74, 6) is -0.434. The zero-order valence-electron chi connectivity index (χ0n) is 13.8. The Balaban J connectivity index is 1.43. The third kappa shape index (κ3) is 3.08. The van der Waals surface area contributed by atoms with Crippen LogP contribution in [0.4, 0.5) is 0 Å². The van der Waals surface area contributed by atoms with Gasteiger partial charge in [-0.1, -0.05) is 24.3 Å². The molecule has 1 atom stereocenters. The van der Waals surface area contributed by atoms with E-state index in [4.69, 9.17) is 5.11 Å². The molecule has 24 heavy (non-hydrogen) atoms. The van der Waals surface area contributed by atoms with Gasteiger partial charge in [0, 0.05) is 24.7 Å². The Morgan fingerprint density at radius 2 is 1.96 bits per heavy atom. The molecule has 0 saturated carbocycles. The molecule has 2 aromatic rings. The van der Waals surface area contributed by atoms with Crippen LogP contribution in [0.1, 0.15) is 35.6 Å². The van der Waals surface area contributed by atoms with E-state index in [-0.39, 0.29) is 6.54 Å². The summed E-state index contributed by atoms with van der Waals surface area (Å²) in [5.41, 5.74) is 4.03. The molecular weight excluding hydrogens is 302 g/mol. The Morgan fingerprint density at radius 1 is 1.21 bits per heavy atom. The third-order valence-electron chi connectivity index (χ3n) is 5.38. The third-order valence-corrected chi connectivity index (χ3v) is 5.38. The van der Waals surface area contributed by atoms with Crippen LogP contribution in [-0.2, 0) is 24.2 Å². The van der Waals surface area contributed by atoms with E-state index in [1.165, 1.54) is 22.2 Å². The highest BCUT2D eigenvalue weighted by Gasteiger charge is 2.31. The number of aromatic nitrogens is 2. The number of nitrogens with zero attached hydrogens (tertiary/aromatic N) is 3. The van der Waals surface area contributed by atoms with Gasteiger partial charge >= 0.3 is 5.97 Å². The average molecular weight is 325 g/mol. The van der Waals surface area contributed by atoms with Crippen LogP contribution in [0, 0.1) is 0 Å². The first-order chi connectivity index (χ1) is 11.7. The van der Waals surface area contributed by atoms with E-state index in [1.54, 1.807) is 6.20 Å². The summed E-state index contributed by atoms with van der Waals surface area (Å²) >= 11 is 0. The van der Waals surface area contributed by atoms with Crippen LogP contribution in [0.2, 0.25) is 0 Å². The fourth-order valence-corrected chi connectivity index (χ4v) is 4.20. The van der Waals surface area contributed by atoms with Crippen LogP contribution in [0.15, 0.2) is 36.5 Å². The van der Waals surface area contributed by atoms with E-state index in [1.807, 2.05) is 6.07 Å². The maximum Gasteiger partial charge on any atom is 0.325 e. The van der Waals surface area contributed by atoms with Crippen LogP contribution >= 0.6 is 0 Å². The van der Waals surface area contributed by atoms with Crippen molar-refractivity contribution in [2.24, 2.45) is 0 Å². The molecule has 1 N–H and O–H groups in total. The minimum Gasteiger partial charge on any atom is -0.480 e. The largest absolute Gasteiger partial charge is 0.480 e. The molecule has 5 nitrogen and oxygen atoms in total. The topological polar surface area (TPSA) is 58.4 Å². The summed E-state index contributed by atoms with van der Waals surface area (Å²) in [7, 11) is 0. The maximum absolute atomic E-state index is 10.8. The highest BCUT2D eigenvalue weighted by Crippen LogP contribution is 2.31. The molecule has 0 amide bonds. The standard InChI is InChI=1S/C19H23N3O2/c23-19(24)13-22-9-7-18(20-22)16-6-3-8-21(12-16)17-10-14-4-1-2-5-15(14)11-17/h1-2,4-5,7,9,16-17H,3,6,8,10-13H2,(H,23,24)/t16-/m1/s1. The summed E-state index contributed by atoms with van der Waals surface area (Å²) in [4.78, 5) is 13.4. The molecule has 0 spiro atoms. The number of carbonyl (C=O) groups is 1. The van der Waals surface area contributed by atoms with Crippen molar-refractivity contribution in [1.29, 1.82) is 0 Å². The molecular formula is C19H23N3O2. The lowest BCUT2D eigenvalue weighted by molar-refractivity contribution is -0.137. The predicted octanol–water partition coefficient (Wildman–Crippen LogP) is 2.31. The van der Waals surface area contributed by atoms with Crippen LogP contribution in [0.25, 0.3) is 0 Å². The fourth-order valence-electron chi connectivity index (χ4n) is 4.20. The van der Waals surface area contributed by atoms with Crippen LogP contribution < -0.4 is 0 Å². The first kappa shape index (κ1) is 15.4. The van der Waals surface area contributed by atoms with Gasteiger partial charge < -0.3 is 5.11 Å². The van der Waals surface area contributed by atoms with E-state index >= 15 is 0 Å². The molecule has 126 valence electrons. The summed E-state index contributed by atoms with van der Waals surface area (Å²) in [6.07, 6.45) is 6.41. The Bertz CT molecular complexity index is 715. The zero-order chi connectivity index (χ0) is 16.5. The first-order valence-electron chi connectivity index (χ1n) is 8.75. The molecule has 1 aromatic heterocycles. The number of rotatable bonds is 4. The van der Waals surface area contributed by atoms with Gasteiger partial charge in [-0.05, 0) is 49.4 Å². The molecule has 1 aliphatic heterocycles. The van der Waals surface area contributed by atoms with Crippen molar-refractivity contribution in [3.05, 3.63) is 53.3 Å². The second kappa shape index (κ2) is 6.40. The molecule has 1 fully saturated rings. The van der Waals surface area contributed by atoms with Crippen molar-refractivity contribution in [1.82, 2.24) is 14.7 Å². The van der Waals surface area contributed by atoms with E-state index < -0.39 is 5.97 Å². The Hall–Kier alpha value is -2.14. The average Bonchev–Trinajstić information content (AvgIpc) is 3.21. The fraction of sp³-hybridized carbons (Fsp3) is 0.474. The van der Waals surface area contributed by atoms with Gasteiger partial charge in [-0.3, -0.25) is 14.4 Å². The van der Waals surface area contributed by atoms with E-state index in [2.05, 4.69) is 34.3 Å². The summed E-state index contributed by atoms with van der Waals surface area (Å²) in [5, 5.41) is 13.4. The summed E-state index contributed by atoms with van der Waals surface area (Å²) < 4.78 is 1.53. The summed E-state index contributed by atoms with van der Waals surface area (Å²) in [6, 6.07) is 11.4. The SMILES string of the molecule is O=C(O)Cn1ccc([C@@H]2CCCN(C3Cc4ccccc4C3)C2)n1. The van der Waals surface area contributed by atoms with Crippen LogP contribution in [0.5, 0.6) is 0 Å². The molecule has 0 radical (unpaired) electrons. The predicted molar refractivity (Wildman–Crippen MR) is 91.0 cm³/mol. The Kier molecular flexibility index (Phi) is 4.10. The number of piperidine rings is 1. The molecule has 1 saturated heterocycles. The molecule has 0 bridgehead atoms. The van der Waals surface area contributed by atoms with Crippen LogP contribution in [0.3, 0.4) is 0 Å². The number of carboxylic acids is 1. The van der Waals surface area contributed by atoms with Crippen molar-refractivity contribution in [3.63, 3.8) is 0 Å². The lowest BCUT2D eigenvalue weighted by atomic mass is 9.93. The van der Waals surface area contributed by atoms with Crippen molar-refractivity contribution < 1.29 is 9.90 Å². The van der Waals surface area contributed by atoms with Gasteiger partial charge in [-0.2, -0.15) is 5.10 Å². The van der Waals surface area contributed by atoms with E-state index in [0.29, 0.717) is 12.0 Å². The second-order valence-corrected chi connectivity index (χ2v) is 7.00. The lowest BCUT2D eigenvalue weighted by Gasteiger charge is -2.36. The normalized spacial score (nSPS) is 21.8. The van der Waals surface area contributed by atoms with Gasteiger partial charge in [0.25, 0.3) is 0 Å². The highest BCUT2D eigenvalue weighted by molar-refractivity contribution is 5.66. The number of likely N-dealkylation sites (tertiary alicyclic amines) is 1. The van der Waals surface area contributed by atoms with Gasteiger partial charge in [-0.25, -0.2) is 0 Å². The highest BCUT2D eigenvalue weighted by atomic mass is 16.4. The van der Waals surface area contributed by atoms with Crippen molar-refractivity contribution in [3.8, 4) is 0 Å². The van der Waals surface area contributed by atoms with Crippen molar-refractivity contribution in [2.75, 3.05) is 13.1 Å². The Labute approximate surface area is 141 Å². The number of hydrogen-bond acceptors (Lipinski definition) is 3. The number of hydrogen-bond donors (Lipinski definition) is 1. The van der Waals surface area contributed by atoms with E-state index in [9.17, 15) is 4.79 Å². The number of benzene rings is 1. The number of fused-ring (bicyclic) bond motifs is 1. The van der Waals surface area contributed by atoms with Gasteiger partial charge in [0.2, 0.25) is 0 Å². The monoisotopic (exact) mass is 325 g/mol. The molecule has 4 rings (SSSR count). The molecule has 2 aliphatic rings. The van der Waals surface area contributed by atoms with Gasteiger partial charge in [0.05, 0.1) is 5.69 Å². The van der Waals surface area contributed by atoms with Crippen molar-refractivity contribution >= 4 is 5.97 Å². The first-order valence-corrected chi connectivity index (χ1v) is 8.75. The quantitative estimate of drug-likeness (QED) is 0.937. The molecule has 2 heterocycles. The minimum atomic E-state index is -0.848. The molecule has 0 unspecified atom stereocenters. The minimum absolute atomic E-state index is 0.0611. The molecule has 1 aliphatic carbocycles. The number of carboxylic acid groups (broad SMARTS) is 1. The number of aliphatic carboxylic acids is 1. The maximum atomic E-state index is 10.8. The van der Waals surface area contributed by atoms with E-state index in [0.717, 1.165) is 38.0 Å².